The number of aryl methyl sites for hydroxylation is 1. The molecular weight excluding hydrogens is 230 g/mol. The Morgan fingerprint density at radius 2 is 2.33 bits per heavy atom. The van der Waals surface area contributed by atoms with E-state index < -0.39 is 0 Å². The Hall–Kier alpha value is -1.62. The number of hydrogen-bond acceptors (Lipinski definition) is 5. The zero-order chi connectivity index (χ0) is 13.1. The van der Waals surface area contributed by atoms with E-state index in [4.69, 9.17) is 10.5 Å². The summed E-state index contributed by atoms with van der Waals surface area (Å²) >= 11 is 0. The van der Waals surface area contributed by atoms with Crippen molar-refractivity contribution in [3.05, 3.63) is 23.4 Å². The van der Waals surface area contributed by atoms with Gasteiger partial charge >= 0.3 is 5.97 Å². The predicted octanol–water partition coefficient (Wildman–Crippen LogP) is 1.10. The first-order valence-electron chi connectivity index (χ1n) is 6.18. The van der Waals surface area contributed by atoms with Crippen molar-refractivity contribution in [2.24, 2.45) is 5.73 Å². The molecule has 0 saturated carbocycles. The Morgan fingerprint density at radius 1 is 1.56 bits per heavy atom. The molecule has 1 saturated heterocycles. The monoisotopic (exact) mass is 249 g/mol. The number of carbonyl (C=O) groups is 1. The minimum Gasteiger partial charge on any atom is -0.465 e. The number of nitrogens with zero attached hydrogens (tertiary/aromatic N) is 2. The molecule has 98 valence electrons. The second kappa shape index (κ2) is 5.35. The van der Waals surface area contributed by atoms with Gasteiger partial charge in [0.2, 0.25) is 0 Å². The van der Waals surface area contributed by atoms with E-state index in [1.807, 2.05) is 13.0 Å². The highest BCUT2D eigenvalue weighted by atomic mass is 16.5. The van der Waals surface area contributed by atoms with Gasteiger partial charge in [-0.25, -0.2) is 9.78 Å². The number of pyridine rings is 1. The lowest BCUT2D eigenvalue weighted by atomic mass is 10.1. The standard InChI is InChI=1S/C13H19N3O2/c1-9-11(13(17)18-2)5-6-12(15-9)16-7-3-4-10(14)8-16/h5-6,10H,3-4,7-8,14H2,1-2H3/t10-/m1/s1. The maximum absolute atomic E-state index is 11.5. The van der Waals surface area contributed by atoms with E-state index in [9.17, 15) is 4.79 Å². The molecule has 1 fully saturated rings. The Morgan fingerprint density at radius 3 is 2.94 bits per heavy atom. The smallest absolute Gasteiger partial charge is 0.339 e. The molecule has 1 aromatic heterocycles. The van der Waals surface area contributed by atoms with Crippen molar-refractivity contribution < 1.29 is 9.53 Å². The Balaban J connectivity index is 2.20. The van der Waals surface area contributed by atoms with Gasteiger partial charge < -0.3 is 15.4 Å². The molecule has 1 aromatic rings. The highest BCUT2D eigenvalue weighted by molar-refractivity contribution is 5.90. The van der Waals surface area contributed by atoms with Crippen LogP contribution in [0, 0.1) is 6.92 Å². The lowest BCUT2D eigenvalue weighted by Gasteiger charge is -2.31. The third-order valence-electron chi connectivity index (χ3n) is 3.26. The zero-order valence-corrected chi connectivity index (χ0v) is 10.8. The summed E-state index contributed by atoms with van der Waals surface area (Å²) in [6.07, 6.45) is 2.15. The van der Waals surface area contributed by atoms with Crippen LogP contribution in [-0.4, -0.2) is 37.2 Å². The number of nitrogens with two attached hydrogens (primary N) is 1. The van der Waals surface area contributed by atoms with Crippen LogP contribution >= 0.6 is 0 Å². The number of aromatic nitrogens is 1. The van der Waals surface area contributed by atoms with E-state index in [0.717, 1.165) is 31.7 Å². The van der Waals surface area contributed by atoms with Crippen molar-refractivity contribution in [2.45, 2.75) is 25.8 Å². The van der Waals surface area contributed by atoms with E-state index >= 15 is 0 Å². The number of anilines is 1. The molecule has 0 radical (unpaired) electrons. The summed E-state index contributed by atoms with van der Waals surface area (Å²) in [6, 6.07) is 3.84. The van der Waals surface area contributed by atoms with Gasteiger partial charge in [0, 0.05) is 19.1 Å². The summed E-state index contributed by atoms with van der Waals surface area (Å²) in [5.74, 6) is 0.539. The fourth-order valence-electron chi connectivity index (χ4n) is 2.27. The number of carbonyl (C=O) groups excluding carboxylic acids is 1. The van der Waals surface area contributed by atoms with E-state index in [0.29, 0.717) is 11.3 Å². The van der Waals surface area contributed by atoms with Gasteiger partial charge in [0.25, 0.3) is 0 Å². The lowest BCUT2D eigenvalue weighted by Crippen LogP contribution is -2.43. The molecule has 5 nitrogen and oxygen atoms in total. The maximum Gasteiger partial charge on any atom is 0.339 e. The molecule has 5 heteroatoms. The Kier molecular flexibility index (Phi) is 3.81. The van der Waals surface area contributed by atoms with Gasteiger partial charge in [0.05, 0.1) is 18.4 Å². The molecule has 1 atom stereocenters. The number of ether oxygens (including phenoxy) is 1. The zero-order valence-electron chi connectivity index (χ0n) is 10.8. The van der Waals surface area contributed by atoms with Crippen LogP contribution in [0.2, 0.25) is 0 Å². The normalized spacial score (nSPS) is 19.7. The number of methoxy groups -OCH3 is 1. The molecule has 2 N–H and O–H groups in total. The van der Waals surface area contributed by atoms with Crippen molar-refractivity contribution in [2.75, 3.05) is 25.1 Å². The first kappa shape index (κ1) is 12.8. The van der Waals surface area contributed by atoms with Gasteiger partial charge in [-0.05, 0) is 31.9 Å². The molecule has 1 aliphatic rings. The first-order valence-corrected chi connectivity index (χ1v) is 6.18. The van der Waals surface area contributed by atoms with Crippen LogP contribution in [0.4, 0.5) is 5.82 Å². The molecule has 18 heavy (non-hydrogen) atoms. The molecule has 0 amide bonds. The highest BCUT2D eigenvalue weighted by Gasteiger charge is 2.19. The molecule has 0 bridgehead atoms. The summed E-state index contributed by atoms with van der Waals surface area (Å²) in [5.41, 5.74) is 7.17. The molecule has 0 spiro atoms. The summed E-state index contributed by atoms with van der Waals surface area (Å²) < 4.78 is 4.71. The van der Waals surface area contributed by atoms with Crippen molar-refractivity contribution >= 4 is 11.8 Å². The van der Waals surface area contributed by atoms with Gasteiger partial charge in [-0.1, -0.05) is 0 Å². The third-order valence-corrected chi connectivity index (χ3v) is 3.26. The van der Waals surface area contributed by atoms with Crippen molar-refractivity contribution in [3.63, 3.8) is 0 Å². The Labute approximate surface area is 107 Å². The topological polar surface area (TPSA) is 68.5 Å². The van der Waals surface area contributed by atoms with E-state index in [1.54, 1.807) is 6.07 Å². The molecule has 2 rings (SSSR count). The van der Waals surface area contributed by atoms with E-state index in [1.165, 1.54) is 7.11 Å². The van der Waals surface area contributed by atoms with E-state index in [-0.39, 0.29) is 12.0 Å². The average molecular weight is 249 g/mol. The molecular formula is C13H19N3O2. The second-order valence-electron chi connectivity index (χ2n) is 4.64. The minimum absolute atomic E-state index is 0.209. The number of rotatable bonds is 2. The quantitative estimate of drug-likeness (QED) is 0.795. The first-order chi connectivity index (χ1) is 8.61. The van der Waals surface area contributed by atoms with Crippen LogP contribution in [0.1, 0.15) is 28.9 Å². The van der Waals surface area contributed by atoms with Gasteiger partial charge in [-0.2, -0.15) is 0 Å². The predicted molar refractivity (Wildman–Crippen MR) is 69.7 cm³/mol. The molecule has 0 aliphatic carbocycles. The highest BCUT2D eigenvalue weighted by Crippen LogP contribution is 2.19. The van der Waals surface area contributed by atoms with E-state index in [2.05, 4.69) is 9.88 Å². The number of hydrogen-bond donors (Lipinski definition) is 1. The average Bonchev–Trinajstić information content (AvgIpc) is 2.37. The summed E-state index contributed by atoms with van der Waals surface area (Å²) in [7, 11) is 1.37. The SMILES string of the molecule is COC(=O)c1ccc(N2CCC[C@@H](N)C2)nc1C. The van der Waals surface area contributed by atoms with Crippen LogP contribution in [0.15, 0.2) is 12.1 Å². The van der Waals surface area contributed by atoms with Crippen LogP contribution in [0.5, 0.6) is 0 Å². The van der Waals surface area contributed by atoms with Crippen LogP contribution < -0.4 is 10.6 Å². The molecule has 0 unspecified atom stereocenters. The summed E-state index contributed by atoms with van der Waals surface area (Å²) in [6.45, 7) is 3.61. The Bertz CT molecular complexity index is 448. The largest absolute Gasteiger partial charge is 0.465 e. The van der Waals surface area contributed by atoms with Crippen molar-refractivity contribution in [1.29, 1.82) is 0 Å². The van der Waals surface area contributed by atoms with Crippen molar-refractivity contribution in [3.8, 4) is 0 Å². The van der Waals surface area contributed by atoms with Crippen LogP contribution in [-0.2, 0) is 4.74 Å². The molecule has 2 heterocycles. The van der Waals surface area contributed by atoms with Gasteiger partial charge in [-0.15, -0.1) is 0 Å². The van der Waals surface area contributed by atoms with Crippen LogP contribution in [0.25, 0.3) is 0 Å². The number of esters is 1. The fourth-order valence-corrected chi connectivity index (χ4v) is 2.27. The summed E-state index contributed by atoms with van der Waals surface area (Å²) in [5, 5.41) is 0. The van der Waals surface area contributed by atoms with Gasteiger partial charge in [0.1, 0.15) is 5.82 Å². The second-order valence-corrected chi connectivity index (χ2v) is 4.64. The molecule has 1 aliphatic heterocycles. The minimum atomic E-state index is -0.345. The van der Waals surface area contributed by atoms with Crippen molar-refractivity contribution in [1.82, 2.24) is 4.98 Å². The van der Waals surface area contributed by atoms with Gasteiger partial charge in [0.15, 0.2) is 0 Å². The van der Waals surface area contributed by atoms with Crippen LogP contribution in [0.3, 0.4) is 0 Å². The summed E-state index contributed by atoms with van der Waals surface area (Å²) in [4.78, 5) is 18.1. The lowest BCUT2D eigenvalue weighted by molar-refractivity contribution is 0.0599. The third kappa shape index (κ3) is 2.61. The molecule has 0 aromatic carbocycles. The number of piperidine rings is 1. The fraction of sp³-hybridized carbons (Fsp3) is 0.538. The van der Waals surface area contributed by atoms with Gasteiger partial charge in [-0.3, -0.25) is 0 Å². The maximum atomic E-state index is 11.5.